The average molecular weight is 288 g/mol. The van der Waals surface area contributed by atoms with Crippen LogP contribution in [0.1, 0.15) is 54.4 Å². The number of nitrogens with zero attached hydrogens (tertiary/aromatic N) is 1. The van der Waals surface area contributed by atoms with Gasteiger partial charge < -0.3 is 15.0 Å². The number of piperidine rings is 1. The summed E-state index contributed by atoms with van der Waals surface area (Å²) in [7, 11) is 1.80. The highest BCUT2D eigenvalue weighted by Crippen LogP contribution is 2.18. The van der Waals surface area contributed by atoms with Crippen molar-refractivity contribution >= 4 is 6.41 Å². The lowest BCUT2D eigenvalue weighted by atomic mass is 9.97. The van der Waals surface area contributed by atoms with Crippen molar-refractivity contribution in [3.8, 4) is 0 Å². The molecule has 122 valence electrons. The molecular weight excluding hydrogens is 252 g/mol. The molecule has 1 saturated heterocycles. The van der Waals surface area contributed by atoms with E-state index < -0.39 is 0 Å². The van der Waals surface area contributed by atoms with Gasteiger partial charge in [-0.1, -0.05) is 13.8 Å². The minimum Gasteiger partial charge on any atom is -0.384 e. The summed E-state index contributed by atoms with van der Waals surface area (Å²) in [5.41, 5.74) is 0. The second-order valence-electron chi connectivity index (χ2n) is 5.47. The molecule has 0 aromatic rings. The molecule has 1 rings (SSSR count). The maximum atomic E-state index is 9.50. The van der Waals surface area contributed by atoms with E-state index in [9.17, 15) is 4.79 Å². The van der Waals surface area contributed by atoms with Gasteiger partial charge in [0.15, 0.2) is 0 Å². The van der Waals surface area contributed by atoms with Crippen molar-refractivity contribution in [2.24, 2.45) is 5.92 Å². The van der Waals surface area contributed by atoms with Gasteiger partial charge in [0.2, 0.25) is 6.41 Å². The Morgan fingerprint density at radius 2 is 1.70 bits per heavy atom. The Bertz CT molecular complexity index is 201. The molecule has 1 amide bonds. The van der Waals surface area contributed by atoms with Gasteiger partial charge in [-0.05, 0) is 59.5 Å². The van der Waals surface area contributed by atoms with Crippen LogP contribution in [-0.2, 0) is 9.53 Å². The quantitative estimate of drug-likeness (QED) is 0.791. The Hall–Kier alpha value is -0.610. The first-order chi connectivity index (χ1) is 9.51. The fourth-order valence-corrected chi connectivity index (χ4v) is 2.01. The highest BCUT2D eigenvalue weighted by Gasteiger charge is 2.20. The number of hydrogen-bond donors (Lipinski definition) is 1. The summed E-state index contributed by atoms with van der Waals surface area (Å²) in [5, 5.41) is 2.53. The number of carbonyl (C=O) groups excluding carboxylic acids is 1. The van der Waals surface area contributed by atoms with Crippen molar-refractivity contribution in [1.29, 1.82) is 0 Å². The molecule has 0 atom stereocenters. The van der Waals surface area contributed by atoms with Crippen molar-refractivity contribution < 1.29 is 9.53 Å². The molecule has 4 nitrogen and oxygen atoms in total. The second-order valence-corrected chi connectivity index (χ2v) is 5.47. The zero-order valence-electron chi connectivity index (χ0n) is 14.6. The Morgan fingerprint density at radius 3 is 1.95 bits per heavy atom. The van der Waals surface area contributed by atoms with E-state index in [4.69, 9.17) is 4.74 Å². The van der Waals surface area contributed by atoms with E-state index in [-0.39, 0.29) is 6.04 Å². The monoisotopic (exact) mass is 288 g/mol. The van der Waals surface area contributed by atoms with Gasteiger partial charge in [-0.3, -0.25) is 4.79 Å². The number of rotatable bonds is 5. The van der Waals surface area contributed by atoms with Crippen LogP contribution in [0.15, 0.2) is 0 Å². The highest BCUT2D eigenvalue weighted by molar-refractivity contribution is 5.46. The van der Waals surface area contributed by atoms with Crippen molar-refractivity contribution in [2.75, 3.05) is 26.8 Å². The van der Waals surface area contributed by atoms with Crippen LogP contribution in [-0.4, -0.2) is 50.2 Å². The predicted octanol–water partition coefficient (Wildman–Crippen LogP) is 2.92. The summed E-state index contributed by atoms with van der Waals surface area (Å²) in [6.07, 6.45) is 3.32. The molecule has 0 aromatic heterocycles. The van der Waals surface area contributed by atoms with E-state index in [1.165, 1.54) is 25.9 Å². The van der Waals surface area contributed by atoms with Crippen LogP contribution in [0.5, 0.6) is 0 Å². The molecule has 20 heavy (non-hydrogen) atoms. The topological polar surface area (TPSA) is 41.6 Å². The minimum absolute atomic E-state index is 0.280. The number of ether oxygens (including phenoxy) is 1. The van der Waals surface area contributed by atoms with Gasteiger partial charge in [-0.2, -0.15) is 0 Å². The first kappa shape index (κ1) is 21.7. The van der Waals surface area contributed by atoms with Crippen LogP contribution in [0.25, 0.3) is 0 Å². The largest absolute Gasteiger partial charge is 0.384 e. The summed E-state index contributed by atoms with van der Waals surface area (Å²) < 4.78 is 5.16. The lowest BCUT2D eigenvalue weighted by Crippen LogP contribution is -2.39. The third-order valence-corrected chi connectivity index (χ3v) is 3.18. The molecule has 0 bridgehead atoms. The van der Waals surface area contributed by atoms with E-state index >= 15 is 0 Å². The summed E-state index contributed by atoms with van der Waals surface area (Å²) >= 11 is 0. The molecule has 1 fully saturated rings. The number of likely N-dealkylation sites (tertiary alicyclic amines) is 1. The van der Waals surface area contributed by atoms with Gasteiger partial charge in [-0.15, -0.1) is 0 Å². The SMILES string of the molecule is CC.CC(C)NC=O.COCC1CCN(C(C)C)CC1. The van der Waals surface area contributed by atoms with Gasteiger partial charge in [0.25, 0.3) is 0 Å². The molecule has 1 aliphatic rings. The normalized spacial score (nSPS) is 16.1. The summed E-state index contributed by atoms with van der Waals surface area (Å²) in [6, 6.07) is 0.996. The fourth-order valence-electron chi connectivity index (χ4n) is 2.01. The molecule has 0 spiro atoms. The Labute approximate surface area is 126 Å². The highest BCUT2D eigenvalue weighted by atomic mass is 16.5. The lowest BCUT2D eigenvalue weighted by molar-refractivity contribution is -0.109. The van der Waals surface area contributed by atoms with E-state index in [1.807, 2.05) is 27.7 Å². The van der Waals surface area contributed by atoms with Crippen LogP contribution in [0.4, 0.5) is 0 Å². The molecule has 0 radical (unpaired) electrons. The molecule has 1 aliphatic heterocycles. The molecule has 4 heteroatoms. The number of carbonyl (C=O) groups is 1. The lowest BCUT2D eigenvalue weighted by Gasteiger charge is -2.34. The third kappa shape index (κ3) is 12.4. The van der Waals surface area contributed by atoms with Crippen molar-refractivity contribution in [3.63, 3.8) is 0 Å². The van der Waals surface area contributed by atoms with Crippen LogP contribution in [0, 0.1) is 5.92 Å². The standard InChI is InChI=1S/C10H21NO.C4H9NO.C2H6/c1-9(2)11-6-4-10(5-7-11)8-12-3;1-4(2)5-3-6;1-2/h9-10H,4-8H2,1-3H3;3-4H,1-2H3,(H,5,6);1-2H3. The molecule has 0 unspecified atom stereocenters. The smallest absolute Gasteiger partial charge is 0.207 e. The van der Waals surface area contributed by atoms with Crippen LogP contribution in [0.2, 0.25) is 0 Å². The first-order valence-corrected chi connectivity index (χ1v) is 7.93. The zero-order chi connectivity index (χ0) is 16.0. The fraction of sp³-hybridized carbons (Fsp3) is 0.938. The van der Waals surface area contributed by atoms with Gasteiger partial charge in [0.1, 0.15) is 0 Å². The summed E-state index contributed by atoms with van der Waals surface area (Å²) in [5.74, 6) is 0.810. The van der Waals surface area contributed by atoms with E-state index in [0.29, 0.717) is 12.5 Å². The Morgan fingerprint density at radius 1 is 1.20 bits per heavy atom. The molecule has 0 aromatic carbocycles. The second kappa shape index (κ2) is 14.8. The van der Waals surface area contributed by atoms with E-state index in [0.717, 1.165) is 12.5 Å². The Kier molecular flexibility index (Phi) is 16.0. The maximum Gasteiger partial charge on any atom is 0.207 e. The number of methoxy groups -OCH3 is 1. The number of hydrogen-bond acceptors (Lipinski definition) is 3. The van der Waals surface area contributed by atoms with Crippen LogP contribution < -0.4 is 5.32 Å². The summed E-state index contributed by atoms with van der Waals surface area (Å²) in [4.78, 5) is 12.1. The number of amides is 1. The Balaban J connectivity index is 0. The average Bonchev–Trinajstić information content (AvgIpc) is 2.42. The molecule has 0 aliphatic carbocycles. The van der Waals surface area contributed by atoms with Crippen molar-refractivity contribution in [1.82, 2.24) is 10.2 Å². The van der Waals surface area contributed by atoms with Crippen molar-refractivity contribution in [2.45, 2.75) is 66.5 Å². The van der Waals surface area contributed by atoms with Crippen molar-refractivity contribution in [3.05, 3.63) is 0 Å². The first-order valence-electron chi connectivity index (χ1n) is 7.93. The predicted molar refractivity (Wildman–Crippen MR) is 87.0 cm³/mol. The van der Waals surface area contributed by atoms with Crippen LogP contribution in [0.3, 0.4) is 0 Å². The van der Waals surface area contributed by atoms with E-state index in [1.54, 1.807) is 7.11 Å². The third-order valence-electron chi connectivity index (χ3n) is 3.18. The van der Waals surface area contributed by atoms with Gasteiger partial charge in [0, 0.05) is 25.8 Å². The molecule has 0 saturated carbocycles. The van der Waals surface area contributed by atoms with Crippen LogP contribution >= 0.6 is 0 Å². The number of nitrogens with one attached hydrogen (secondary N) is 1. The van der Waals surface area contributed by atoms with E-state index in [2.05, 4.69) is 24.1 Å². The zero-order valence-corrected chi connectivity index (χ0v) is 14.6. The molecule has 1 N–H and O–H groups in total. The van der Waals surface area contributed by atoms with Gasteiger partial charge >= 0.3 is 0 Å². The summed E-state index contributed by atoms with van der Waals surface area (Å²) in [6.45, 7) is 15.8. The molecular formula is C16H36N2O2. The van der Waals surface area contributed by atoms with Gasteiger partial charge in [0.05, 0.1) is 0 Å². The minimum atomic E-state index is 0.280. The molecule has 1 heterocycles. The maximum absolute atomic E-state index is 9.50. The van der Waals surface area contributed by atoms with Gasteiger partial charge in [-0.25, -0.2) is 0 Å².